The van der Waals surface area contributed by atoms with Crippen LogP contribution in [0.15, 0.2) is 30.3 Å². The van der Waals surface area contributed by atoms with Gasteiger partial charge in [-0.2, -0.15) is 0 Å². The highest BCUT2D eigenvalue weighted by atomic mass is 15.3. The molecule has 0 bridgehead atoms. The highest BCUT2D eigenvalue weighted by molar-refractivity contribution is 5.16. The van der Waals surface area contributed by atoms with Crippen molar-refractivity contribution in [2.24, 2.45) is 0 Å². The molecular formula is C50H92N2. The maximum Gasteiger partial charge on any atom is 0.0437 e. The molecule has 0 atom stereocenters. The van der Waals surface area contributed by atoms with Gasteiger partial charge in [-0.15, -0.1) is 0 Å². The van der Waals surface area contributed by atoms with Crippen LogP contribution in [-0.4, -0.2) is 30.1 Å². The van der Waals surface area contributed by atoms with Gasteiger partial charge in [-0.1, -0.05) is 268 Å². The quantitative estimate of drug-likeness (QED) is 0.327. The van der Waals surface area contributed by atoms with Crippen molar-refractivity contribution in [1.82, 2.24) is 10.2 Å². The minimum absolute atomic E-state index is 0.376. The normalized spacial score (nSPS) is 24.1. The van der Waals surface area contributed by atoms with E-state index in [4.69, 9.17) is 0 Å². The molecule has 2 heteroatoms. The Morgan fingerprint density at radius 2 is 0.615 bits per heavy atom. The van der Waals surface area contributed by atoms with E-state index in [9.17, 15) is 0 Å². The van der Waals surface area contributed by atoms with Gasteiger partial charge < -0.3 is 5.32 Å². The molecule has 2 aliphatic rings. The van der Waals surface area contributed by atoms with Crippen molar-refractivity contribution in [2.45, 2.75) is 262 Å². The number of hydrogen-bond acceptors (Lipinski definition) is 2. The fraction of sp³-hybridized carbons (Fsp3) is 0.880. The molecule has 0 radical (unpaired) electrons. The molecule has 1 aromatic rings. The Morgan fingerprint density at radius 3 is 0.923 bits per heavy atom. The van der Waals surface area contributed by atoms with Gasteiger partial charge in [0.25, 0.3) is 0 Å². The van der Waals surface area contributed by atoms with Gasteiger partial charge in [-0.3, -0.25) is 4.90 Å². The highest BCUT2D eigenvalue weighted by Gasteiger charge is 2.41. The number of rotatable bonds is 2. The van der Waals surface area contributed by atoms with Crippen LogP contribution in [0.3, 0.4) is 0 Å². The summed E-state index contributed by atoms with van der Waals surface area (Å²) in [5.74, 6) is 0. The van der Waals surface area contributed by atoms with Crippen molar-refractivity contribution >= 4 is 0 Å². The second kappa shape index (κ2) is 33.5. The van der Waals surface area contributed by atoms with Crippen LogP contribution in [-0.2, 0) is 6.54 Å². The summed E-state index contributed by atoms with van der Waals surface area (Å²) in [6, 6.07) is 11.1. The van der Waals surface area contributed by atoms with Gasteiger partial charge in [0.2, 0.25) is 0 Å². The fourth-order valence-electron chi connectivity index (χ4n) is 9.43. The Labute approximate surface area is 327 Å². The lowest BCUT2D eigenvalue weighted by atomic mass is 9.83. The van der Waals surface area contributed by atoms with E-state index < -0.39 is 0 Å². The summed E-state index contributed by atoms with van der Waals surface area (Å²) in [7, 11) is 0. The molecule has 0 unspecified atom stereocenters. The molecule has 52 heavy (non-hydrogen) atoms. The SMILES string of the molecule is c1ccc(CN2CC3(CCCCCCCCCCCCCCCCCCCCCCCCCCCCCCCCCCCCCCCCN3)C2)cc1. The predicted molar refractivity (Wildman–Crippen MR) is 233 cm³/mol. The minimum Gasteiger partial charge on any atom is -0.309 e. The third-order valence-corrected chi connectivity index (χ3v) is 12.9. The maximum atomic E-state index is 4.12. The molecule has 1 spiro atoms. The lowest BCUT2D eigenvalue weighted by Gasteiger charge is -2.51. The molecule has 2 nitrogen and oxygen atoms in total. The molecule has 0 aromatic heterocycles. The highest BCUT2D eigenvalue weighted by Crippen LogP contribution is 2.29. The number of benzene rings is 1. The molecule has 0 aliphatic carbocycles. The van der Waals surface area contributed by atoms with E-state index in [2.05, 4.69) is 40.5 Å². The van der Waals surface area contributed by atoms with Crippen molar-refractivity contribution in [3.8, 4) is 0 Å². The van der Waals surface area contributed by atoms with Crippen molar-refractivity contribution in [2.75, 3.05) is 19.6 Å². The molecule has 0 amide bonds. The van der Waals surface area contributed by atoms with Gasteiger partial charge >= 0.3 is 0 Å². The van der Waals surface area contributed by atoms with Crippen molar-refractivity contribution in [3.63, 3.8) is 0 Å². The van der Waals surface area contributed by atoms with Crippen LogP contribution in [0.5, 0.6) is 0 Å². The van der Waals surface area contributed by atoms with Crippen LogP contribution in [0, 0.1) is 0 Å². The van der Waals surface area contributed by atoms with Crippen LogP contribution in [0.25, 0.3) is 0 Å². The third kappa shape index (κ3) is 25.3. The topological polar surface area (TPSA) is 15.3 Å². The van der Waals surface area contributed by atoms with E-state index in [1.807, 2.05) is 0 Å². The number of nitrogens with one attached hydrogen (secondary N) is 1. The zero-order valence-electron chi connectivity index (χ0n) is 35.2. The summed E-state index contributed by atoms with van der Waals surface area (Å²) in [5.41, 5.74) is 1.84. The molecular weight excluding hydrogens is 629 g/mol. The Bertz CT molecular complexity index is 816. The molecule has 1 aromatic carbocycles. The first-order chi connectivity index (χ1) is 25.9. The second-order valence-electron chi connectivity index (χ2n) is 18.0. The molecule has 302 valence electrons. The van der Waals surface area contributed by atoms with Crippen LogP contribution in [0.1, 0.15) is 256 Å². The molecule has 0 saturated carbocycles. The Morgan fingerprint density at radius 1 is 0.346 bits per heavy atom. The molecule has 2 aliphatic heterocycles. The maximum absolute atomic E-state index is 4.12. The standard InChI is InChI=1S/C50H92N2/c1-2-4-6-8-10-12-14-16-18-20-22-24-26-28-30-32-34-36-41-45-51-50(47-52(48-50)46-49-42-38-37-39-43-49)44-40-35-33-31-29-27-25-23-21-19-17-15-13-11-9-7-5-3-1/h37-39,42-43,51H,1-36,40-41,44-48H2. The zero-order valence-corrected chi connectivity index (χ0v) is 35.2. The lowest BCUT2D eigenvalue weighted by molar-refractivity contribution is 0.0262. The number of nitrogens with zero attached hydrogens (tertiary/aromatic N) is 1. The third-order valence-electron chi connectivity index (χ3n) is 12.9. The van der Waals surface area contributed by atoms with E-state index in [0.29, 0.717) is 5.54 Å². The fourth-order valence-corrected chi connectivity index (χ4v) is 9.43. The average Bonchev–Trinajstić information content (AvgIpc) is 3.14. The first kappa shape index (κ1) is 45.5. The monoisotopic (exact) mass is 721 g/mol. The lowest BCUT2D eigenvalue weighted by Crippen LogP contribution is -2.68. The molecule has 3 rings (SSSR count). The van der Waals surface area contributed by atoms with Crippen molar-refractivity contribution in [3.05, 3.63) is 35.9 Å². The molecule has 2 heterocycles. The Kier molecular flexibility index (Phi) is 29.3. The zero-order chi connectivity index (χ0) is 36.3. The van der Waals surface area contributed by atoms with Gasteiger partial charge in [0.05, 0.1) is 0 Å². The van der Waals surface area contributed by atoms with Gasteiger partial charge in [0.15, 0.2) is 0 Å². The van der Waals surface area contributed by atoms with Crippen LogP contribution in [0.2, 0.25) is 0 Å². The summed E-state index contributed by atoms with van der Waals surface area (Å²) in [4.78, 5) is 2.68. The summed E-state index contributed by atoms with van der Waals surface area (Å²) in [6.07, 6.45) is 57.3. The number of likely N-dealkylation sites (tertiary alicyclic amines) is 1. The smallest absolute Gasteiger partial charge is 0.0437 e. The summed E-state index contributed by atoms with van der Waals surface area (Å²) in [6.45, 7) is 4.81. The van der Waals surface area contributed by atoms with Crippen LogP contribution in [0.4, 0.5) is 0 Å². The van der Waals surface area contributed by atoms with Crippen molar-refractivity contribution in [1.29, 1.82) is 0 Å². The average molecular weight is 721 g/mol. The first-order valence-electron chi connectivity index (χ1n) is 24.4. The van der Waals surface area contributed by atoms with Gasteiger partial charge in [0.1, 0.15) is 0 Å². The molecule has 2 fully saturated rings. The number of hydrogen-bond donors (Lipinski definition) is 1. The Balaban J connectivity index is 1.26. The first-order valence-corrected chi connectivity index (χ1v) is 24.4. The van der Waals surface area contributed by atoms with Crippen LogP contribution >= 0.6 is 0 Å². The van der Waals surface area contributed by atoms with E-state index in [1.165, 1.54) is 276 Å². The van der Waals surface area contributed by atoms with E-state index in [0.717, 1.165) is 6.54 Å². The minimum atomic E-state index is 0.376. The van der Waals surface area contributed by atoms with Crippen LogP contribution < -0.4 is 5.32 Å². The van der Waals surface area contributed by atoms with Gasteiger partial charge in [-0.25, -0.2) is 0 Å². The van der Waals surface area contributed by atoms with E-state index >= 15 is 0 Å². The molecule has 1 N–H and O–H groups in total. The summed E-state index contributed by atoms with van der Waals surface area (Å²) in [5, 5.41) is 4.12. The summed E-state index contributed by atoms with van der Waals surface area (Å²) >= 11 is 0. The van der Waals surface area contributed by atoms with Gasteiger partial charge in [-0.05, 0) is 24.9 Å². The second-order valence-corrected chi connectivity index (χ2v) is 18.0. The van der Waals surface area contributed by atoms with Gasteiger partial charge in [0, 0.05) is 25.2 Å². The Hall–Kier alpha value is -0.860. The van der Waals surface area contributed by atoms with Crippen molar-refractivity contribution < 1.29 is 0 Å². The van der Waals surface area contributed by atoms with E-state index in [-0.39, 0.29) is 0 Å². The van der Waals surface area contributed by atoms with E-state index in [1.54, 1.807) is 0 Å². The molecule has 2 saturated heterocycles. The predicted octanol–water partition coefficient (Wildman–Crippen LogP) is 16.1. The largest absolute Gasteiger partial charge is 0.309 e. The summed E-state index contributed by atoms with van der Waals surface area (Å²) < 4.78 is 0.